The molecular formula is C28H29NO4. The zero-order chi connectivity index (χ0) is 23.3. The fraction of sp³-hybridized carbons (Fsp3) is 0.321. The summed E-state index contributed by atoms with van der Waals surface area (Å²) in [5.41, 5.74) is 4.11. The van der Waals surface area contributed by atoms with Gasteiger partial charge in [0.2, 0.25) is 0 Å². The molecule has 1 aliphatic rings. The molecule has 3 aromatic carbocycles. The molecule has 0 radical (unpaired) electrons. The predicted molar refractivity (Wildman–Crippen MR) is 135 cm³/mol. The van der Waals surface area contributed by atoms with Crippen LogP contribution in [0.15, 0.2) is 41.2 Å². The van der Waals surface area contributed by atoms with E-state index in [9.17, 15) is 4.79 Å². The summed E-state index contributed by atoms with van der Waals surface area (Å²) in [6, 6.07) is 10.3. The van der Waals surface area contributed by atoms with Crippen LogP contribution in [-0.4, -0.2) is 25.9 Å². The zero-order valence-electron chi connectivity index (χ0n) is 19.9. The van der Waals surface area contributed by atoms with E-state index in [1.165, 1.54) is 12.0 Å². The van der Waals surface area contributed by atoms with Crippen molar-refractivity contribution in [1.82, 2.24) is 4.57 Å². The molecule has 170 valence electrons. The van der Waals surface area contributed by atoms with E-state index < -0.39 is 0 Å². The third-order valence-corrected chi connectivity index (χ3v) is 6.95. The highest BCUT2D eigenvalue weighted by atomic mass is 16.5. The van der Waals surface area contributed by atoms with Crippen molar-refractivity contribution in [2.45, 2.75) is 32.6 Å². The first kappa shape index (κ1) is 21.4. The quantitative estimate of drug-likeness (QED) is 0.356. The molecule has 0 atom stereocenters. The van der Waals surface area contributed by atoms with E-state index in [1.807, 2.05) is 32.2 Å². The van der Waals surface area contributed by atoms with Crippen LogP contribution < -0.4 is 19.8 Å². The minimum absolute atomic E-state index is 0.0706. The summed E-state index contributed by atoms with van der Waals surface area (Å²) >= 11 is 0. The fourth-order valence-electron chi connectivity index (χ4n) is 5.39. The highest BCUT2D eigenvalue weighted by molar-refractivity contribution is 6.18. The van der Waals surface area contributed by atoms with Crippen LogP contribution >= 0.6 is 0 Å². The molecule has 5 nitrogen and oxygen atoms in total. The van der Waals surface area contributed by atoms with Gasteiger partial charge in [-0.25, -0.2) is 0 Å². The molecule has 33 heavy (non-hydrogen) atoms. The van der Waals surface area contributed by atoms with Gasteiger partial charge in [0.15, 0.2) is 11.5 Å². The fourth-order valence-corrected chi connectivity index (χ4v) is 5.39. The number of nitrogens with zero attached hydrogens (tertiary/aromatic N) is 1. The van der Waals surface area contributed by atoms with Crippen LogP contribution in [0.2, 0.25) is 0 Å². The lowest BCUT2D eigenvalue weighted by Gasteiger charge is -2.22. The molecule has 5 heteroatoms. The molecule has 0 N–H and O–H groups in total. The Bertz CT molecular complexity index is 1510. The van der Waals surface area contributed by atoms with Gasteiger partial charge in [0.1, 0.15) is 5.75 Å². The highest BCUT2D eigenvalue weighted by Gasteiger charge is 2.23. The molecule has 0 amide bonds. The van der Waals surface area contributed by atoms with Crippen molar-refractivity contribution in [2.24, 2.45) is 7.05 Å². The van der Waals surface area contributed by atoms with Gasteiger partial charge in [-0.3, -0.25) is 4.79 Å². The summed E-state index contributed by atoms with van der Waals surface area (Å²) in [4.78, 5) is 13.6. The van der Waals surface area contributed by atoms with Crippen LogP contribution in [0.4, 0.5) is 0 Å². The van der Waals surface area contributed by atoms with E-state index >= 15 is 0 Å². The maximum atomic E-state index is 13.6. The first-order valence-corrected chi connectivity index (χ1v) is 11.4. The molecule has 0 saturated heterocycles. The molecule has 0 fully saturated rings. The summed E-state index contributed by atoms with van der Waals surface area (Å²) < 4.78 is 19.0. The van der Waals surface area contributed by atoms with Crippen LogP contribution in [0, 0.1) is 6.92 Å². The first-order valence-electron chi connectivity index (χ1n) is 11.4. The van der Waals surface area contributed by atoms with E-state index in [4.69, 9.17) is 14.2 Å². The highest BCUT2D eigenvalue weighted by Crippen LogP contribution is 2.46. The molecule has 0 unspecified atom stereocenters. The van der Waals surface area contributed by atoms with Gasteiger partial charge in [-0.15, -0.1) is 0 Å². The summed E-state index contributed by atoms with van der Waals surface area (Å²) in [5.74, 6) is 2.06. The topological polar surface area (TPSA) is 49.7 Å². The number of benzene rings is 3. The number of methoxy groups -OCH3 is 3. The Morgan fingerprint density at radius 2 is 1.58 bits per heavy atom. The lowest BCUT2D eigenvalue weighted by molar-refractivity contribution is 0.355. The Kier molecular flexibility index (Phi) is 5.28. The Morgan fingerprint density at radius 1 is 0.848 bits per heavy atom. The standard InChI is InChI=1S/C28H29NO4/c1-16-11-12-18-20-14-13-19-21(25(20)29(2)28(30)24(18)26(16)32-4)15-22(31-3)27(33-5)23(19)17-9-7-6-8-10-17/h9,11-15H,6-8,10H2,1-5H3. The Balaban J connectivity index is 2.01. The molecule has 1 aliphatic carbocycles. The van der Waals surface area contributed by atoms with Gasteiger partial charge in [-0.05, 0) is 55.2 Å². The summed E-state index contributed by atoms with van der Waals surface area (Å²) in [5, 5.41) is 4.57. The second-order valence-corrected chi connectivity index (χ2v) is 8.72. The van der Waals surface area contributed by atoms with Crippen molar-refractivity contribution >= 4 is 38.0 Å². The Labute approximate surface area is 193 Å². The van der Waals surface area contributed by atoms with E-state index in [1.54, 1.807) is 25.9 Å². The van der Waals surface area contributed by atoms with Gasteiger partial charge in [0, 0.05) is 28.8 Å². The molecule has 5 rings (SSSR count). The number of allylic oxidation sites excluding steroid dienone is 2. The van der Waals surface area contributed by atoms with Crippen LogP contribution in [0.1, 0.15) is 36.8 Å². The number of hydrogen-bond acceptors (Lipinski definition) is 4. The number of aromatic nitrogens is 1. The summed E-state index contributed by atoms with van der Waals surface area (Å²) in [6.07, 6.45) is 6.75. The van der Waals surface area contributed by atoms with E-state index in [0.29, 0.717) is 16.9 Å². The van der Waals surface area contributed by atoms with Crippen molar-refractivity contribution in [1.29, 1.82) is 0 Å². The van der Waals surface area contributed by atoms with Gasteiger partial charge < -0.3 is 18.8 Å². The minimum Gasteiger partial charge on any atom is -0.496 e. The Morgan fingerprint density at radius 3 is 2.24 bits per heavy atom. The molecular weight excluding hydrogens is 414 g/mol. The second kappa shape index (κ2) is 8.14. The molecule has 1 aromatic heterocycles. The summed E-state index contributed by atoms with van der Waals surface area (Å²) in [6.45, 7) is 1.96. The first-order chi connectivity index (χ1) is 16.0. The maximum absolute atomic E-state index is 13.6. The molecule has 0 bridgehead atoms. The van der Waals surface area contributed by atoms with E-state index in [-0.39, 0.29) is 5.56 Å². The number of pyridine rings is 1. The number of hydrogen-bond donors (Lipinski definition) is 0. The lowest BCUT2D eigenvalue weighted by Crippen LogP contribution is -2.18. The van der Waals surface area contributed by atoms with Crippen molar-refractivity contribution in [3.05, 3.63) is 57.9 Å². The smallest absolute Gasteiger partial charge is 0.262 e. The summed E-state index contributed by atoms with van der Waals surface area (Å²) in [7, 11) is 6.81. The van der Waals surface area contributed by atoms with E-state index in [0.717, 1.165) is 63.2 Å². The average Bonchev–Trinajstić information content (AvgIpc) is 2.85. The molecule has 4 aromatic rings. The van der Waals surface area contributed by atoms with E-state index in [2.05, 4.69) is 18.2 Å². The number of aryl methyl sites for hydroxylation is 2. The van der Waals surface area contributed by atoms with Crippen LogP contribution in [-0.2, 0) is 7.05 Å². The van der Waals surface area contributed by atoms with Crippen LogP contribution in [0.5, 0.6) is 17.2 Å². The second-order valence-electron chi connectivity index (χ2n) is 8.72. The van der Waals surface area contributed by atoms with Crippen molar-refractivity contribution < 1.29 is 14.2 Å². The third-order valence-electron chi connectivity index (χ3n) is 6.95. The maximum Gasteiger partial charge on any atom is 0.262 e. The average molecular weight is 444 g/mol. The van der Waals surface area contributed by atoms with Crippen molar-refractivity contribution in [3.8, 4) is 17.2 Å². The minimum atomic E-state index is -0.0706. The van der Waals surface area contributed by atoms with Gasteiger partial charge in [0.25, 0.3) is 5.56 Å². The van der Waals surface area contributed by atoms with Gasteiger partial charge in [0.05, 0.1) is 32.2 Å². The van der Waals surface area contributed by atoms with Gasteiger partial charge in [-0.1, -0.05) is 30.3 Å². The van der Waals surface area contributed by atoms with Crippen molar-refractivity contribution in [3.63, 3.8) is 0 Å². The number of rotatable bonds is 4. The van der Waals surface area contributed by atoms with Gasteiger partial charge in [-0.2, -0.15) is 0 Å². The largest absolute Gasteiger partial charge is 0.496 e. The Hall–Kier alpha value is -3.47. The SMILES string of the molecule is COc1cc2c(ccc3c4ccc(C)c(OC)c4c(=O)n(C)c23)c(C2=CCCCC2)c1OC. The van der Waals surface area contributed by atoms with Crippen molar-refractivity contribution in [2.75, 3.05) is 21.3 Å². The predicted octanol–water partition coefficient (Wildman–Crippen LogP) is 6.14. The third kappa shape index (κ3) is 3.10. The lowest BCUT2D eigenvalue weighted by atomic mass is 9.88. The molecule has 1 heterocycles. The monoisotopic (exact) mass is 443 g/mol. The molecule has 0 aliphatic heterocycles. The van der Waals surface area contributed by atoms with Gasteiger partial charge >= 0.3 is 0 Å². The molecule has 0 saturated carbocycles. The number of fused-ring (bicyclic) bond motifs is 5. The number of ether oxygens (including phenoxy) is 3. The van der Waals surface area contributed by atoms with Crippen LogP contribution in [0.3, 0.4) is 0 Å². The normalized spacial score (nSPS) is 14.0. The zero-order valence-corrected chi connectivity index (χ0v) is 19.9. The molecule has 0 spiro atoms. The van der Waals surface area contributed by atoms with Crippen LogP contribution in [0.25, 0.3) is 38.0 Å².